The van der Waals surface area contributed by atoms with Crippen molar-refractivity contribution in [3.05, 3.63) is 59.2 Å². The first-order valence-electron chi connectivity index (χ1n) is 6.40. The van der Waals surface area contributed by atoms with Crippen LogP contribution in [0.2, 0.25) is 0 Å². The van der Waals surface area contributed by atoms with Crippen molar-refractivity contribution >= 4 is 22.8 Å². The van der Waals surface area contributed by atoms with Gasteiger partial charge in [0.2, 0.25) is 0 Å². The van der Waals surface area contributed by atoms with Crippen molar-refractivity contribution in [2.75, 3.05) is 5.32 Å². The standard InChI is InChI=1S/C16H12N4S/c1-11-10-21-16(19-11)13-3-2-4-14(7-13)20-15-6-5-12(8-17)9-18-15/h2-7,9-10H,1H3,(H,18,20). The topological polar surface area (TPSA) is 61.6 Å². The average Bonchev–Trinajstić information content (AvgIpc) is 2.95. The van der Waals surface area contributed by atoms with Crippen LogP contribution in [0.1, 0.15) is 11.3 Å². The van der Waals surface area contributed by atoms with Crippen molar-refractivity contribution in [1.82, 2.24) is 9.97 Å². The van der Waals surface area contributed by atoms with Gasteiger partial charge < -0.3 is 5.32 Å². The first-order chi connectivity index (χ1) is 10.2. The highest BCUT2D eigenvalue weighted by molar-refractivity contribution is 7.13. The number of nitriles is 1. The van der Waals surface area contributed by atoms with Gasteiger partial charge in [-0.3, -0.25) is 0 Å². The number of nitrogens with zero attached hydrogens (tertiary/aromatic N) is 3. The van der Waals surface area contributed by atoms with Gasteiger partial charge in [0.1, 0.15) is 16.9 Å². The molecule has 4 nitrogen and oxygen atoms in total. The molecule has 0 amide bonds. The lowest BCUT2D eigenvalue weighted by Gasteiger charge is -2.06. The van der Waals surface area contributed by atoms with Crippen LogP contribution >= 0.6 is 11.3 Å². The van der Waals surface area contributed by atoms with Crippen molar-refractivity contribution in [1.29, 1.82) is 5.26 Å². The molecule has 1 N–H and O–H groups in total. The van der Waals surface area contributed by atoms with Crippen molar-refractivity contribution in [2.24, 2.45) is 0 Å². The molecule has 0 aliphatic heterocycles. The minimum absolute atomic E-state index is 0.549. The Morgan fingerprint density at radius 1 is 1.24 bits per heavy atom. The molecule has 0 unspecified atom stereocenters. The summed E-state index contributed by atoms with van der Waals surface area (Å²) in [5.41, 5.74) is 3.60. The van der Waals surface area contributed by atoms with Crippen LogP contribution in [-0.2, 0) is 0 Å². The zero-order valence-corrected chi connectivity index (χ0v) is 12.2. The van der Waals surface area contributed by atoms with E-state index in [1.54, 1.807) is 29.7 Å². The number of hydrogen-bond donors (Lipinski definition) is 1. The highest BCUT2D eigenvalue weighted by Gasteiger charge is 2.04. The lowest BCUT2D eigenvalue weighted by atomic mass is 10.2. The smallest absolute Gasteiger partial charge is 0.130 e. The summed E-state index contributed by atoms with van der Waals surface area (Å²) in [5, 5.41) is 15.0. The number of thiazole rings is 1. The summed E-state index contributed by atoms with van der Waals surface area (Å²) in [4.78, 5) is 8.70. The molecule has 5 heteroatoms. The molecule has 21 heavy (non-hydrogen) atoms. The van der Waals surface area contributed by atoms with Crippen LogP contribution in [0.3, 0.4) is 0 Å². The Kier molecular flexibility index (Phi) is 3.63. The first kappa shape index (κ1) is 13.3. The fourth-order valence-electron chi connectivity index (χ4n) is 1.90. The van der Waals surface area contributed by atoms with E-state index >= 15 is 0 Å². The van der Waals surface area contributed by atoms with Gasteiger partial charge in [0.05, 0.1) is 5.56 Å². The third kappa shape index (κ3) is 3.07. The maximum absolute atomic E-state index is 8.77. The number of aromatic nitrogens is 2. The van der Waals surface area contributed by atoms with E-state index in [2.05, 4.69) is 21.4 Å². The molecular weight excluding hydrogens is 280 g/mol. The van der Waals surface area contributed by atoms with Gasteiger partial charge in [-0.15, -0.1) is 11.3 Å². The Bertz CT molecular complexity index is 800. The summed E-state index contributed by atoms with van der Waals surface area (Å²) in [6, 6.07) is 13.6. The molecule has 102 valence electrons. The third-order valence-corrected chi connectivity index (χ3v) is 3.90. The summed E-state index contributed by atoms with van der Waals surface area (Å²) >= 11 is 1.63. The Morgan fingerprint density at radius 2 is 2.14 bits per heavy atom. The van der Waals surface area contributed by atoms with E-state index in [1.165, 1.54) is 0 Å². The lowest BCUT2D eigenvalue weighted by Crippen LogP contribution is -1.93. The van der Waals surface area contributed by atoms with E-state index in [1.807, 2.05) is 36.6 Å². The SMILES string of the molecule is Cc1csc(-c2cccc(Nc3ccc(C#N)cn3)c2)n1. The minimum atomic E-state index is 0.549. The van der Waals surface area contributed by atoms with E-state index in [4.69, 9.17) is 5.26 Å². The lowest BCUT2D eigenvalue weighted by molar-refractivity contribution is 1.27. The molecule has 3 rings (SSSR count). The largest absolute Gasteiger partial charge is 0.340 e. The van der Waals surface area contributed by atoms with E-state index < -0.39 is 0 Å². The van der Waals surface area contributed by atoms with Gasteiger partial charge in [-0.25, -0.2) is 9.97 Å². The third-order valence-electron chi connectivity index (χ3n) is 2.89. The molecule has 0 atom stereocenters. The van der Waals surface area contributed by atoms with Gasteiger partial charge in [-0.05, 0) is 31.2 Å². The molecule has 2 heterocycles. The molecule has 0 aliphatic carbocycles. The summed E-state index contributed by atoms with van der Waals surface area (Å²) in [6.07, 6.45) is 1.55. The molecular formula is C16H12N4S. The number of aryl methyl sites for hydroxylation is 1. The summed E-state index contributed by atoms with van der Waals surface area (Å²) < 4.78 is 0. The number of rotatable bonds is 3. The van der Waals surface area contributed by atoms with Crippen LogP contribution in [0.4, 0.5) is 11.5 Å². The maximum atomic E-state index is 8.77. The summed E-state index contributed by atoms with van der Waals surface area (Å²) in [5.74, 6) is 0.710. The second kappa shape index (κ2) is 5.73. The Balaban J connectivity index is 1.84. The molecule has 0 aliphatic rings. The summed E-state index contributed by atoms with van der Waals surface area (Å²) in [6.45, 7) is 1.99. The highest BCUT2D eigenvalue weighted by atomic mass is 32.1. The molecule has 0 spiro atoms. The van der Waals surface area contributed by atoms with Gasteiger partial charge in [-0.2, -0.15) is 5.26 Å². The molecule has 0 fully saturated rings. The Morgan fingerprint density at radius 3 is 2.81 bits per heavy atom. The van der Waals surface area contributed by atoms with Gasteiger partial charge in [0.25, 0.3) is 0 Å². The van der Waals surface area contributed by atoms with Gasteiger partial charge in [0.15, 0.2) is 0 Å². The predicted octanol–water partition coefficient (Wildman–Crippen LogP) is 4.13. The van der Waals surface area contributed by atoms with Crippen molar-refractivity contribution < 1.29 is 0 Å². The zero-order valence-electron chi connectivity index (χ0n) is 11.4. The Labute approximate surface area is 126 Å². The molecule has 3 aromatic rings. The second-order valence-electron chi connectivity index (χ2n) is 4.54. The number of pyridine rings is 1. The Hall–Kier alpha value is -2.71. The first-order valence-corrected chi connectivity index (χ1v) is 7.28. The van der Waals surface area contributed by atoms with Crippen LogP contribution in [0.15, 0.2) is 48.0 Å². The van der Waals surface area contributed by atoms with Crippen LogP contribution in [0.5, 0.6) is 0 Å². The number of nitrogens with one attached hydrogen (secondary N) is 1. The zero-order chi connectivity index (χ0) is 14.7. The quantitative estimate of drug-likeness (QED) is 0.788. The number of hydrogen-bond acceptors (Lipinski definition) is 5. The molecule has 0 bridgehead atoms. The van der Waals surface area contributed by atoms with E-state index in [0.717, 1.165) is 22.0 Å². The van der Waals surface area contributed by atoms with E-state index in [-0.39, 0.29) is 0 Å². The molecule has 2 aromatic heterocycles. The van der Waals surface area contributed by atoms with Gasteiger partial charge in [0, 0.05) is 28.5 Å². The molecule has 1 aromatic carbocycles. The average molecular weight is 292 g/mol. The van der Waals surface area contributed by atoms with Crippen molar-refractivity contribution in [3.8, 4) is 16.6 Å². The maximum Gasteiger partial charge on any atom is 0.130 e. The van der Waals surface area contributed by atoms with Gasteiger partial charge in [-0.1, -0.05) is 12.1 Å². The summed E-state index contributed by atoms with van der Waals surface area (Å²) in [7, 11) is 0. The van der Waals surface area contributed by atoms with E-state index in [9.17, 15) is 0 Å². The number of anilines is 2. The number of benzene rings is 1. The second-order valence-corrected chi connectivity index (χ2v) is 5.40. The highest BCUT2D eigenvalue weighted by Crippen LogP contribution is 2.26. The fourth-order valence-corrected chi connectivity index (χ4v) is 2.69. The monoisotopic (exact) mass is 292 g/mol. The van der Waals surface area contributed by atoms with E-state index in [0.29, 0.717) is 11.4 Å². The predicted molar refractivity (Wildman–Crippen MR) is 84.5 cm³/mol. The van der Waals surface area contributed by atoms with Crippen LogP contribution in [0, 0.1) is 18.3 Å². The van der Waals surface area contributed by atoms with Crippen LogP contribution < -0.4 is 5.32 Å². The molecule has 0 radical (unpaired) electrons. The van der Waals surface area contributed by atoms with Crippen LogP contribution in [-0.4, -0.2) is 9.97 Å². The normalized spacial score (nSPS) is 10.1. The van der Waals surface area contributed by atoms with Gasteiger partial charge >= 0.3 is 0 Å². The molecule has 0 saturated carbocycles. The van der Waals surface area contributed by atoms with Crippen molar-refractivity contribution in [2.45, 2.75) is 6.92 Å². The van der Waals surface area contributed by atoms with Crippen LogP contribution in [0.25, 0.3) is 10.6 Å². The van der Waals surface area contributed by atoms with Crippen molar-refractivity contribution in [3.63, 3.8) is 0 Å². The minimum Gasteiger partial charge on any atom is -0.340 e. The fraction of sp³-hybridized carbons (Fsp3) is 0.0625. The molecule has 0 saturated heterocycles.